The predicted molar refractivity (Wildman–Crippen MR) is 72.7 cm³/mol. The van der Waals surface area contributed by atoms with Crippen molar-refractivity contribution < 1.29 is 9.90 Å². The number of aromatic nitrogens is 2. The lowest BCUT2D eigenvalue weighted by atomic mass is 10.0. The number of carbonyl (C=O) groups is 1. The average Bonchev–Trinajstić information content (AvgIpc) is 2.38. The van der Waals surface area contributed by atoms with Gasteiger partial charge in [0.05, 0.1) is 0 Å². The highest BCUT2D eigenvalue weighted by Gasteiger charge is 2.25. The Labute approximate surface area is 113 Å². The van der Waals surface area contributed by atoms with E-state index >= 15 is 0 Å². The molecule has 2 heterocycles. The molecule has 0 bridgehead atoms. The van der Waals surface area contributed by atoms with Gasteiger partial charge in [0.25, 0.3) is 0 Å². The van der Waals surface area contributed by atoms with Crippen molar-refractivity contribution in [3.63, 3.8) is 0 Å². The number of hydrogen-bond acceptors (Lipinski definition) is 5. The highest BCUT2D eigenvalue weighted by Crippen LogP contribution is 2.23. The SMILES string of the molecule is Cc1ncc(C(=O)O)c(N(C)C2CCN(C)CC2)n1. The molecule has 0 unspecified atom stereocenters. The van der Waals surface area contributed by atoms with Crippen LogP contribution in [0.4, 0.5) is 5.82 Å². The fraction of sp³-hybridized carbons (Fsp3) is 0.615. The third-order valence-corrected chi connectivity index (χ3v) is 3.69. The molecule has 1 saturated heterocycles. The molecule has 19 heavy (non-hydrogen) atoms. The summed E-state index contributed by atoms with van der Waals surface area (Å²) in [4.78, 5) is 23.8. The predicted octanol–water partition coefficient (Wildman–Crippen LogP) is 1.01. The molecule has 1 N–H and O–H groups in total. The molecule has 1 aliphatic heterocycles. The number of nitrogens with zero attached hydrogens (tertiary/aromatic N) is 4. The zero-order valence-corrected chi connectivity index (χ0v) is 11.6. The Balaban J connectivity index is 2.25. The summed E-state index contributed by atoms with van der Waals surface area (Å²) in [5, 5.41) is 9.23. The first-order valence-electron chi connectivity index (χ1n) is 6.47. The van der Waals surface area contributed by atoms with Crippen LogP contribution >= 0.6 is 0 Å². The molecule has 1 fully saturated rings. The smallest absolute Gasteiger partial charge is 0.341 e. The minimum Gasteiger partial charge on any atom is -0.477 e. The molecule has 0 aromatic carbocycles. The van der Waals surface area contributed by atoms with Gasteiger partial charge in [-0.25, -0.2) is 14.8 Å². The summed E-state index contributed by atoms with van der Waals surface area (Å²) in [6, 6.07) is 0.337. The molecule has 104 valence electrons. The zero-order valence-electron chi connectivity index (χ0n) is 11.6. The van der Waals surface area contributed by atoms with Gasteiger partial charge < -0.3 is 14.9 Å². The Kier molecular flexibility index (Phi) is 3.99. The largest absolute Gasteiger partial charge is 0.477 e. The van der Waals surface area contributed by atoms with Crippen LogP contribution in [0.15, 0.2) is 6.20 Å². The van der Waals surface area contributed by atoms with Crippen molar-refractivity contribution in [3.05, 3.63) is 17.6 Å². The number of likely N-dealkylation sites (tertiary alicyclic amines) is 1. The third-order valence-electron chi connectivity index (χ3n) is 3.69. The lowest BCUT2D eigenvalue weighted by molar-refractivity contribution is 0.0696. The summed E-state index contributed by atoms with van der Waals surface area (Å²) in [5.41, 5.74) is 0.173. The van der Waals surface area contributed by atoms with Gasteiger partial charge in [-0.05, 0) is 39.9 Å². The van der Waals surface area contributed by atoms with E-state index in [0.29, 0.717) is 17.7 Å². The number of aromatic carboxylic acids is 1. The van der Waals surface area contributed by atoms with Crippen molar-refractivity contribution in [3.8, 4) is 0 Å². The standard InChI is InChI=1S/C13H20N4O2/c1-9-14-8-11(13(18)19)12(15-9)17(3)10-4-6-16(2)7-5-10/h8,10H,4-7H2,1-3H3,(H,18,19). The molecule has 0 radical (unpaired) electrons. The number of carboxylic acids is 1. The second-order valence-electron chi connectivity index (χ2n) is 5.11. The Bertz CT molecular complexity index is 470. The third kappa shape index (κ3) is 3.01. The minimum absolute atomic E-state index is 0.173. The molecule has 0 aliphatic carbocycles. The van der Waals surface area contributed by atoms with E-state index in [4.69, 9.17) is 0 Å². The molecular formula is C13H20N4O2. The highest BCUT2D eigenvalue weighted by molar-refractivity contribution is 5.92. The molecule has 0 spiro atoms. The normalized spacial score (nSPS) is 17.4. The van der Waals surface area contributed by atoms with E-state index in [-0.39, 0.29) is 5.56 Å². The quantitative estimate of drug-likeness (QED) is 0.878. The molecule has 1 aromatic rings. The molecule has 6 nitrogen and oxygen atoms in total. The summed E-state index contributed by atoms with van der Waals surface area (Å²) >= 11 is 0. The van der Waals surface area contributed by atoms with Gasteiger partial charge >= 0.3 is 5.97 Å². The first kappa shape index (κ1) is 13.7. The number of anilines is 1. The summed E-state index contributed by atoms with van der Waals surface area (Å²) in [5.74, 6) is 0.143. The highest BCUT2D eigenvalue weighted by atomic mass is 16.4. The molecule has 0 atom stereocenters. The molecule has 0 amide bonds. The Morgan fingerprint density at radius 3 is 2.68 bits per heavy atom. The van der Waals surface area contributed by atoms with Crippen molar-refractivity contribution in [1.29, 1.82) is 0 Å². The van der Waals surface area contributed by atoms with Crippen molar-refractivity contribution in [1.82, 2.24) is 14.9 Å². The maximum absolute atomic E-state index is 11.3. The molecule has 1 aromatic heterocycles. The Morgan fingerprint density at radius 2 is 2.11 bits per heavy atom. The number of aryl methyl sites for hydroxylation is 1. The van der Waals surface area contributed by atoms with Crippen LogP contribution < -0.4 is 4.90 Å². The van der Waals surface area contributed by atoms with E-state index in [1.165, 1.54) is 6.20 Å². The summed E-state index contributed by atoms with van der Waals surface area (Å²) < 4.78 is 0. The van der Waals surface area contributed by atoms with E-state index < -0.39 is 5.97 Å². The van der Waals surface area contributed by atoms with Crippen molar-refractivity contribution in [2.45, 2.75) is 25.8 Å². The number of rotatable bonds is 3. The second-order valence-corrected chi connectivity index (χ2v) is 5.11. The van der Waals surface area contributed by atoms with Crippen LogP contribution in [0.3, 0.4) is 0 Å². The van der Waals surface area contributed by atoms with Crippen molar-refractivity contribution in [2.75, 3.05) is 32.1 Å². The van der Waals surface area contributed by atoms with Gasteiger partial charge in [-0.15, -0.1) is 0 Å². The molecule has 0 saturated carbocycles. The van der Waals surface area contributed by atoms with E-state index in [2.05, 4.69) is 21.9 Å². The van der Waals surface area contributed by atoms with Gasteiger partial charge in [-0.3, -0.25) is 0 Å². The average molecular weight is 264 g/mol. The monoisotopic (exact) mass is 264 g/mol. The number of piperidine rings is 1. The molecule has 2 rings (SSSR count). The first-order chi connectivity index (χ1) is 8.99. The van der Waals surface area contributed by atoms with E-state index in [1.54, 1.807) is 6.92 Å². The van der Waals surface area contributed by atoms with Crippen LogP contribution in [0, 0.1) is 6.92 Å². The van der Waals surface area contributed by atoms with E-state index in [0.717, 1.165) is 25.9 Å². The van der Waals surface area contributed by atoms with Gasteiger partial charge in [0, 0.05) is 19.3 Å². The molecule has 6 heteroatoms. The van der Waals surface area contributed by atoms with Gasteiger partial charge in [0.1, 0.15) is 17.2 Å². The van der Waals surface area contributed by atoms with Gasteiger partial charge in [0.2, 0.25) is 0 Å². The Hall–Kier alpha value is -1.69. The van der Waals surface area contributed by atoms with Crippen LogP contribution in [0.5, 0.6) is 0 Å². The van der Waals surface area contributed by atoms with Gasteiger partial charge in [-0.1, -0.05) is 0 Å². The number of hydrogen-bond donors (Lipinski definition) is 1. The Morgan fingerprint density at radius 1 is 1.47 bits per heavy atom. The van der Waals surface area contributed by atoms with Crippen LogP contribution in [0.1, 0.15) is 29.0 Å². The van der Waals surface area contributed by atoms with Gasteiger partial charge in [0.15, 0.2) is 0 Å². The maximum atomic E-state index is 11.3. The van der Waals surface area contributed by atoms with Crippen LogP contribution in [0.25, 0.3) is 0 Å². The zero-order chi connectivity index (χ0) is 14.0. The summed E-state index contributed by atoms with van der Waals surface area (Å²) in [6.07, 6.45) is 3.44. The van der Waals surface area contributed by atoms with Crippen molar-refractivity contribution >= 4 is 11.8 Å². The van der Waals surface area contributed by atoms with Crippen LogP contribution in [-0.4, -0.2) is 59.2 Å². The van der Waals surface area contributed by atoms with E-state index in [1.807, 2.05) is 11.9 Å². The maximum Gasteiger partial charge on any atom is 0.341 e. The fourth-order valence-corrected chi connectivity index (χ4v) is 2.43. The number of carboxylic acid groups (broad SMARTS) is 1. The topological polar surface area (TPSA) is 69.6 Å². The first-order valence-corrected chi connectivity index (χ1v) is 6.47. The lowest BCUT2D eigenvalue weighted by Gasteiger charge is -2.36. The van der Waals surface area contributed by atoms with Crippen LogP contribution in [0.2, 0.25) is 0 Å². The summed E-state index contributed by atoms with van der Waals surface area (Å²) in [7, 11) is 4.03. The fourth-order valence-electron chi connectivity index (χ4n) is 2.43. The molecular weight excluding hydrogens is 244 g/mol. The lowest BCUT2D eigenvalue weighted by Crippen LogP contribution is -2.42. The summed E-state index contributed by atoms with van der Waals surface area (Å²) in [6.45, 7) is 3.83. The van der Waals surface area contributed by atoms with Crippen molar-refractivity contribution in [2.24, 2.45) is 0 Å². The van der Waals surface area contributed by atoms with Gasteiger partial charge in [-0.2, -0.15) is 0 Å². The van der Waals surface area contributed by atoms with E-state index in [9.17, 15) is 9.90 Å². The minimum atomic E-state index is -0.977. The molecule has 1 aliphatic rings. The second kappa shape index (κ2) is 5.52. The van der Waals surface area contributed by atoms with Crippen LogP contribution in [-0.2, 0) is 0 Å².